The van der Waals surface area contributed by atoms with Gasteiger partial charge in [0.1, 0.15) is 5.82 Å². The summed E-state index contributed by atoms with van der Waals surface area (Å²) in [5.74, 6) is 2.10. The first-order valence-electron chi connectivity index (χ1n) is 10.7. The summed E-state index contributed by atoms with van der Waals surface area (Å²) in [5, 5.41) is 0. The lowest BCUT2D eigenvalue weighted by Crippen LogP contribution is -2.14. The van der Waals surface area contributed by atoms with Crippen LogP contribution >= 0.6 is 0 Å². The fourth-order valence-corrected chi connectivity index (χ4v) is 2.88. The maximum Gasteiger partial charge on any atom is 0.348 e. The lowest BCUT2D eigenvalue weighted by Gasteiger charge is -2.18. The van der Waals surface area contributed by atoms with Gasteiger partial charge in [-0.2, -0.15) is 4.98 Å². The van der Waals surface area contributed by atoms with E-state index in [-0.39, 0.29) is 5.69 Å². The molecule has 1 aromatic heterocycles. The summed E-state index contributed by atoms with van der Waals surface area (Å²) in [7, 11) is 0. The minimum Gasteiger partial charge on any atom is -0.294 e. The minimum atomic E-state index is -0.364. The van der Waals surface area contributed by atoms with Gasteiger partial charge in [0.25, 0.3) is 0 Å². The van der Waals surface area contributed by atoms with E-state index in [0.717, 1.165) is 11.5 Å². The van der Waals surface area contributed by atoms with E-state index in [0.29, 0.717) is 11.6 Å². The van der Waals surface area contributed by atoms with E-state index in [1.165, 1.54) is 57.8 Å². The molecular formula is C23H37N3O. The van der Waals surface area contributed by atoms with Crippen LogP contribution in [0.25, 0.3) is 11.4 Å². The van der Waals surface area contributed by atoms with Gasteiger partial charge in [-0.25, -0.2) is 9.78 Å². The molecule has 2 aliphatic carbocycles. The van der Waals surface area contributed by atoms with Crippen LogP contribution in [0.3, 0.4) is 0 Å². The monoisotopic (exact) mass is 371 g/mol. The van der Waals surface area contributed by atoms with Crippen molar-refractivity contribution in [3.63, 3.8) is 0 Å². The van der Waals surface area contributed by atoms with Crippen molar-refractivity contribution in [3.8, 4) is 11.4 Å². The zero-order valence-electron chi connectivity index (χ0n) is 17.6. The number of aromatic nitrogens is 3. The Labute approximate surface area is 164 Å². The first-order chi connectivity index (χ1) is 13.1. The van der Waals surface area contributed by atoms with Crippen LogP contribution in [0.15, 0.2) is 35.1 Å². The van der Waals surface area contributed by atoms with Crippen molar-refractivity contribution in [2.24, 2.45) is 5.92 Å². The molecule has 27 heavy (non-hydrogen) atoms. The number of H-pyrrole nitrogens is 1. The van der Waals surface area contributed by atoms with E-state index in [1.807, 2.05) is 44.2 Å². The van der Waals surface area contributed by atoms with Gasteiger partial charge in [0.2, 0.25) is 0 Å². The SMILES string of the molecule is C1CCCCC1.CC.CC1CCC1.Cc1nc(-c2ccccc2)nc(=O)[nH]1. The van der Waals surface area contributed by atoms with Crippen molar-refractivity contribution in [2.75, 3.05) is 0 Å². The third kappa shape index (κ3) is 10.1. The Morgan fingerprint density at radius 3 is 1.70 bits per heavy atom. The summed E-state index contributed by atoms with van der Waals surface area (Å²) in [5.41, 5.74) is 0.484. The van der Waals surface area contributed by atoms with Crippen molar-refractivity contribution in [1.29, 1.82) is 0 Å². The van der Waals surface area contributed by atoms with Gasteiger partial charge in [-0.05, 0) is 12.8 Å². The number of hydrogen-bond acceptors (Lipinski definition) is 3. The Morgan fingerprint density at radius 1 is 0.852 bits per heavy atom. The highest BCUT2D eigenvalue weighted by molar-refractivity contribution is 5.53. The van der Waals surface area contributed by atoms with E-state index in [2.05, 4.69) is 21.9 Å². The predicted molar refractivity (Wildman–Crippen MR) is 115 cm³/mol. The summed E-state index contributed by atoms with van der Waals surface area (Å²) in [6.07, 6.45) is 13.5. The highest BCUT2D eigenvalue weighted by atomic mass is 16.1. The van der Waals surface area contributed by atoms with E-state index in [1.54, 1.807) is 6.92 Å². The van der Waals surface area contributed by atoms with Crippen molar-refractivity contribution < 1.29 is 0 Å². The molecule has 0 bridgehead atoms. The Hall–Kier alpha value is -1.97. The molecule has 2 saturated carbocycles. The summed E-state index contributed by atoms with van der Waals surface area (Å²) < 4.78 is 0. The zero-order valence-corrected chi connectivity index (χ0v) is 17.6. The van der Waals surface area contributed by atoms with E-state index >= 15 is 0 Å². The molecule has 4 rings (SSSR count). The van der Waals surface area contributed by atoms with Gasteiger partial charge in [-0.3, -0.25) is 4.98 Å². The summed E-state index contributed by atoms with van der Waals surface area (Å²) in [4.78, 5) is 21.5. The van der Waals surface area contributed by atoms with Crippen LogP contribution in [0.1, 0.15) is 84.4 Å². The second kappa shape index (κ2) is 14.1. The summed E-state index contributed by atoms with van der Waals surface area (Å²) >= 11 is 0. The second-order valence-corrected chi connectivity index (χ2v) is 7.09. The molecule has 150 valence electrons. The summed E-state index contributed by atoms with van der Waals surface area (Å²) in [6, 6.07) is 9.41. The third-order valence-electron chi connectivity index (χ3n) is 4.69. The number of aromatic amines is 1. The number of hydrogen-bond donors (Lipinski definition) is 1. The number of rotatable bonds is 1. The van der Waals surface area contributed by atoms with Gasteiger partial charge >= 0.3 is 5.69 Å². The Balaban J connectivity index is 0.000000230. The van der Waals surface area contributed by atoms with E-state index in [9.17, 15) is 4.79 Å². The van der Waals surface area contributed by atoms with Crippen LogP contribution in [0, 0.1) is 12.8 Å². The van der Waals surface area contributed by atoms with Crippen LogP contribution in [0.4, 0.5) is 0 Å². The molecule has 2 fully saturated rings. The third-order valence-corrected chi connectivity index (χ3v) is 4.69. The minimum absolute atomic E-state index is 0.364. The molecule has 1 heterocycles. The van der Waals surface area contributed by atoms with Gasteiger partial charge in [0.05, 0.1) is 0 Å². The first kappa shape index (κ1) is 23.1. The second-order valence-electron chi connectivity index (χ2n) is 7.09. The number of nitrogens with zero attached hydrogens (tertiary/aromatic N) is 2. The first-order valence-corrected chi connectivity index (χ1v) is 10.7. The maximum absolute atomic E-state index is 11.1. The smallest absolute Gasteiger partial charge is 0.294 e. The lowest BCUT2D eigenvalue weighted by molar-refractivity contribution is 0.346. The van der Waals surface area contributed by atoms with Crippen LogP contribution < -0.4 is 5.69 Å². The van der Waals surface area contributed by atoms with E-state index < -0.39 is 0 Å². The molecule has 0 unspecified atom stereocenters. The number of aryl methyl sites for hydroxylation is 1. The fourth-order valence-electron chi connectivity index (χ4n) is 2.88. The highest BCUT2D eigenvalue weighted by Crippen LogP contribution is 2.24. The molecule has 0 aliphatic heterocycles. The molecule has 1 N–H and O–H groups in total. The van der Waals surface area contributed by atoms with Crippen LogP contribution in [-0.4, -0.2) is 15.0 Å². The molecule has 0 radical (unpaired) electrons. The largest absolute Gasteiger partial charge is 0.348 e. The lowest BCUT2D eigenvalue weighted by atomic mass is 9.88. The quantitative estimate of drug-likeness (QED) is 0.638. The van der Waals surface area contributed by atoms with Crippen LogP contribution in [-0.2, 0) is 0 Å². The van der Waals surface area contributed by atoms with Crippen molar-refractivity contribution in [3.05, 3.63) is 46.6 Å². The molecule has 0 atom stereocenters. The van der Waals surface area contributed by atoms with Crippen LogP contribution in [0.5, 0.6) is 0 Å². The molecule has 0 saturated heterocycles. The molecule has 0 amide bonds. The standard InChI is InChI=1S/C10H9N3O.C6H12.C5H10.C2H6/c1-7-11-9(13-10(14)12-7)8-5-3-2-4-6-8;1-2-4-6-5-3-1;1-5-3-2-4-5;1-2/h2-6H,1H3,(H,11,12,13,14);1-6H2;5H,2-4H2,1H3;1-2H3. The molecule has 2 aliphatic rings. The van der Waals surface area contributed by atoms with Crippen molar-refractivity contribution >= 4 is 0 Å². The molecule has 2 aromatic rings. The molecule has 4 nitrogen and oxygen atoms in total. The van der Waals surface area contributed by atoms with Gasteiger partial charge in [-0.15, -0.1) is 0 Å². The predicted octanol–water partition coefficient (Wildman–Crippen LogP) is 6.31. The van der Waals surface area contributed by atoms with Gasteiger partial charge < -0.3 is 0 Å². The molecule has 4 heteroatoms. The number of benzene rings is 1. The normalized spacial score (nSPS) is 15.6. The average molecular weight is 372 g/mol. The van der Waals surface area contributed by atoms with Gasteiger partial charge in [0, 0.05) is 5.56 Å². The fraction of sp³-hybridized carbons (Fsp3) is 0.609. The maximum atomic E-state index is 11.1. The average Bonchev–Trinajstić information content (AvgIpc) is 2.70. The summed E-state index contributed by atoms with van der Waals surface area (Å²) in [6.45, 7) is 8.04. The molecular weight excluding hydrogens is 334 g/mol. The number of nitrogens with one attached hydrogen (secondary N) is 1. The molecule has 1 aromatic carbocycles. The Morgan fingerprint density at radius 2 is 1.33 bits per heavy atom. The molecule has 0 spiro atoms. The Kier molecular flexibility index (Phi) is 12.1. The van der Waals surface area contributed by atoms with E-state index in [4.69, 9.17) is 0 Å². The van der Waals surface area contributed by atoms with Gasteiger partial charge in [0.15, 0.2) is 5.82 Å². The highest BCUT2D eigenvalue weighted by Gasteiger charge is 2.09. The van der Waals surface area contributed by atoms with Gasteiger partial charge in [-0.1, -0.05) is 109 Å². The Bertz CT molecular complexity index is 647. The topological polar surface area (TPSA) is 58.6 Å². The zero-order chi connectivity index (χ0) is 19.9. The van der Waals surface area contributed by atoms with Crippen molar-refractivity contribution in [1.82, 2.24) is 15.0 Å². The van der Waals surface area contributed by atoms with Crippen LogP contribution in [0.2, 0.25) is 0 Å². The van der Waals surface area contributed by atoms with Crippen molar-refractivity contribution in [2.45, 2.75) is 85.5 Å².